The summed E-state index contributed by atoms with van der Waals surface area (Å²) in [6.07, 6.45) is 59.6. The minimum atomic E-state index is -4.39. The average Bonchev–Trinajstić information content (AvgIpc) is 3.27. The molecule has 0 spiro atoms. The minimum Gasteiger partial charge on any atom is -0.462 e. The first kappa shape index (κ1) is 60.7. The van der Waals surface area contributed by atoms with Crippen molar-refractivity contribution >= 4 is 19.8 Å². The first-order valence-electron chi connectivity index (χ1n) is 25.8. The zero-order valence-electron chi connectivity index (χ0n) is 40.6. The third-order valence-electron chi connectivity index (χ3n) is 10.9. The Bertz CT molecular complexity index is 1220. The maximum absolute atomic E-state index is 12.7. The Balaban J connectivity index is 4.08. The van der Waals surface area contributed by atoms with Gasteiger partial charge in [-0.25, -0.2) is 4.57 Å². The van der Waals surface area contributed by atoms with Gasteiger partial charge in [0.25, 0.3) is 0 Å². The fraction of sp³-hybridized carbons (Fsp3) is 0.774. The quantitative estimate of drug-likeness (QED) is 0.0265. The number of hydrogen-bond donors (Lipinski definition) is 2. The number of phosphoric acid groups is 1. The second kappa shape index (κ2) is 49.2. The van der Waals surface area contributed by atoms with E-state index in [1.165, 1.54) is 122 Å². The third kappa shape index (κ3) is 49.0. The number of hydrogen-bond acceptors (Lipinski definition) is 8. The molecule has 0 aromatic heterocycles. The molecule has 0 aromatic rings. The average molecular weight is 906 g/mol. The number of rotatable bonds is 48. The molecule has 0 bridgehead atoms. The third-order valence-corrected chi connectivity index (χ3v) is 11.9. The first-order valence-corrected chi connectivity index (χ1v) is 27.3. The Morgan fingerprint density at radius 2 is 0.825 bits per heavy atom. The van der Waals surface area contributed by atoms with E-state index in [2.05, 4.69) is 74.6 Å². The molecule has 0 rings (SSSR count). The maximum atomic E-state index is 12.7. The predicted molar refractivity (Wildman–Crippen MR) is 266 cm³/mol. The van der Waals surface area contributed by atoms with Gasteiger partial charge in [0.05, 0.1) is 13.2 Å². The standard InChI is InChI=1S/C53H96NO8P/c1-3-5-7-9-11-13-15-17-19-21-23-24-25-26-28-30-32-34-36-38-40-42-44-46-53(56)62-51(50-61-63(57,58)60-48-47-54)49-59-52(55)45-43-41-39-37-35-33-31-29-27-22-20-18-16-14-12-10-8-6-4-2/h12,14-15,17-18,20-21,23,25-26,51H,3-11,13,16,19,22,24,27-50,54H2,1-2H3,(H,57,58)/b14-12-,17-15-,20-18-,23-21-,26-25-. The summed E-state index contributed by atoms with van der Waals surface area (Å²) in [7, 11) is -4.39. The summed E-state index contributed by atoms with van der Waals surface area (Å²) in [6.45, 7) is 3.70. The van der Waals surface area contributed by atoms with Crippen molar-refractivity contribution in [2.75, 3.05) is 26.4 Å². The fourth-order valence-electron chi connectivity index (χ4n) is 7.03. The highest BCUT2D eigenvalue weighted by Crippen LogP contribution is 2.43. The lowest BCUT2D eigenvalue weighted by atomic mass is 10.1. The zero-order valence-corrected chi connectivity index (χ0v) is 41.4. The summed E-state index contributed by atoms with van der Waals surface area (Å²) in [6, 6.07) is 0. The molecule has 0 aliphatic carbocycles. The molecule has 0 aliphatic rings. The maximum Gasteiger partial charge on any atom is 0.472 e. The molecule has 0 heterocycles. The van der Waals surface area contributed by atoms with E-state index in [0.29, 0.717) is 6.42 Å². The molecule has 0 saturated carbocycles. The Morgan fingerprint density at radius 1 is 0.476 bits per heavy atom. The molecule has 0 aliphatic heterocycles. The smallest absolute Gasteiger partial charge is 0.462 e. The zero-order chi connectivity index (χ0) is 46.0. The molecule has 2 atom stereocenters. The molecule has 2 unspecified atom stereocenters. The van der Waals surface area contributed by atoms with Gasteiger partial charge < -0.3 is 20.1 Å². The van der Waals surface area contributed by atoms with Crippen molar-refractivity contribution in [1.82, 2.24) is 0 Å². The normalized spacial score (nSPS) is 13.7. The number of esters is 2. The van der Waals surface area contributed by atoms with Crippen LogP contribution in [0.25, 0.3) is 0 Å². The molecular formula is C53H96NO8P. The van der Waals surface area contributed by atoms with Crippen molar-refractivity contribution in [2.24, 2.45) is 5.73 Å². The molecule has 0 aromatic carbocycles. The van der Waals surface area contributed by atoms with E-state index in [0.717, 1.165) is 77.0 Å². The van der Waals surface area contributed by atoms with Crippen LogP contribution in [-0.2, 0) is 32.7 Å². The van der Waals surface area contributed by atoms with Crippen molar-refractivity contribution in [3.8, 4) is 0 Å². The molecule has 9 nitrogen and oxygen atoms in total. The van der Waals surface area contributed by atoms with Gasteiger partial charge in [-0.15, -0.1) is 0 Å². The number of carbonyl (C=O) groups excluding carboxylic acids is 2. The second-order valence-electron chi connectivity index (χ2n) is 17.0. The van der Waals surface area contributed by atoms with Gasteiger partial charge in [-0.3, -0.25) is 18.6 Å². The fourth-order valence-corrected chi connectivity index (χ4v) is 7.79. The second-order valence-corrected chi connectivity index (χ2v) is 18.5. The van der Waals surface area contributed by atoms with Gasteiger partial charge in [-0.2, -0.15) is 0 Å². The Morgan fingerprint density at radius 3 is 1.25 bits per heavy atom. The van der Waals surface area contributed by atoms with Crippen molar-refractivity contribution < 1.29 is 37.6 Å². The molecular weight excluding hydrogens is 810 g/mol. The lowest BCUT2D eigenvalue weighted by Crippen LogP contribution is -2.29. The molecule has 0 fully saturated rings. The highest BCUT2D eigenvalue weighted by atomic mass is 31.2. The number of nitrogens with two attached hydrogens (primary N) is 1. The van der Waals surface area contributed by atoms with Crippen molar-refractivity contribution in [1.29, 1.82) is 0 Å². The van der Waals surface area contributed by atoms with Gasteiger partial charge in [-0.1, -0.05) is 197 Å². The van der Waals surface area contributed by atoms with Gasteiger partial charge >= 0.3 is 19.8 Å². The highest BCUT2D eigenvalue weighted by Gasteiger charge is 2.26. The molecule has 0 saturated heterocycles. The lowest BCUT2D eigenvalue weighted by molar-refractivity contribution is -0.161. The van der Waals surface area contributed by atoms with Crippen LogP contribution in [0.3, 0.4) is 0 Å². The van der Waals surface area contributed by atoms with Crippen molar-refractivity contribution in [2.45, 2.75) is 238 Å². The first-order chi connectivity index (χ1) is 30.8. The largest absolute Gasteiger partial charge is 0.472 e. The number of unbranched alkanes of at least 4 members (excludes halogenated alkanes) is 25. The van der Waals surface area contributed by atoms with Crippen LogP contribution in [0, 0.1) is 0 Å². The molecule has 0 radical (unpaired) electrons. The van der Waals surface area contributed by atoms with Gasteiger partial charge in [0.1, 0.15) is 6.61 Å². The summed E-state index contributed by atoms with van der Waals surface area (Å²) >= 11 is 0. The van der Waals surface area contributed by atoms with E-state index in [1.807, 2.05) is 0 Å². The van der Waals surface area contributed by atoms with E-state index in [1.54, 1.807) is 0 Å². The van der Waals surface area contributed by atoms with E-state index in [9.17, 15) is 19.0 Å². The molecule has 63 heavy (non-hydrogen) atoms. The summed E-state index contributed by atoms with van der Waals surface area (Å²) in [4.78, 5) is 35.1. The summed E-state index contributed by atoms with van der Waals surface area (Å²) < 4.78 is 32.9. The van der Waals surface area contributed by atoms with Crippen molar-refractivity contribution in [3.05, 3.63) is 60.8 Å². The predicted octanol–water partition coefficient (Wildman–Crippen LogP) is 15.6. The molecule has 366 valence electrons. The highest BCUT2D eigenvalue weighted by molar-refractivity contribution is 7.47. The van der Waals surface area contributed by atoms with Gasteiger partial charge in [-0.05, 0) is 83.5 Å². The van der Waals surface area contributed by atoms with E-state index in [-0.39, 0.29) is 38.6 Å². The van der Waals surface area contributed by atoms with Crippen LogP contribution in [0.1, 0.15) is 232 Å². The van der Waals surface area contributed by atoms with E-state index in [4.69, 9.17) is 24.3 Å². The molecule has 3 N–H and O–H groups in total. The van der Waals surface area contributed by atoms with Crippen molar-refractivity contribution in [3.63, 3.8) is 0 Å². The molecule has 0 amide bonds. The van der Waals surface area contributed by atoms with E-state index >= 15 is 0 Å². The number of carbonyl (C=O) groups is 2. The summed E-state index contributed by atoms with van der Waals surface area (Å²) in [5.74, 6) is -0.839. The number of allylic oxidation sites excluding steroid dienone is 10. The van der Waals surface area contributed by atoms with Crippen LogP contribution < -0.4 is 5.73 Å². The van der Waals surface area contributed by atoms with Crippen LogP contribution >= 0.6 is 7.82 Å². The topological polar surface area (TPSA) is 134 Å². The lowest BCUT2D eigenvalue weighted by Gasteiger charge is -2.19. The van der Waals surface area contributed by atoms with Crippen LogP contribution in [0.15, 0.2) is 60.8 Å². The Hall–Kier alpha value is -2.29. The SMILES string of the molecule is CCCCC/C=C\C/C=C\CCCCCCCCCCCC(=O)OCC(COP(=O)(O)OCCN)OC(=O)CCCCCCCCCC/C=C\C/C=C\C/C=C\CCCCCCC. The molecule has 10 heteroatoms. The monoisotopic (exact) mass is 906 g/mol. The number of phosphoric ester groups is 1. The van der Waals surface area contributed by atoms with Crippen LogP contribution in [0.2, 0.25) is 0 Å². The Labute approximate surface area is 387 Å². The summed E-state index contributed by atoms with van der Waals surface area (Å²) in [5, 5.41) is 0. The summed E-state index contributed by atoms with van der Waals surface area (Å²) in [5.41, 5.74) is 5.37. The van der Waals surface area contributed by atoms with Gasteiger partial charge in [0, 0.05) is 19.4 Å². The van der Waals surface area contributed by atoms with Crippen LogP contribution in [-0.4, -0.2) is 49.3 Å². The van der Waals surface area contributed by atoms with Crippen LogP contribution in [0.5, 0.6) is 0 Å². The van der Waals surface area contributed by atoms with Crippen LogP contribution in [0.4, 0.5) is 0 Å². The van der Waals surface area contributed by atoms with Gasteiger partial charge in [0.2, 0.25) is 0 Å². The van der Waals surface area contributed by atoms with E-state index < -0.39 is 26.5 Å². The van der Waals surface area contributed by atoms with Gasteiger partial charge in [0.15, 0.2) is 6.10 Å². The Kier molecular flexibility index (Phi) is 47.4. The minimum absolute atomic E-state index is 0.0494. The number of ether oxygens (including phenoxy) is 2.